The molecule has 1 saturated heterocycles. The number of hydrogen-bond donors (Lipinski definition) is 1. The van der Waals surface area contributed by atoms with Crippen molar-refractivity contribution in [2.75, 3.05) is 22.8 Å². The summed E-state index contributed by atoms with van der Waals surface area (Å²) < 4.78 is 36.3. The number of anilines is 2. The Balaban J connectivity index is 1.45. The number of rotatable bonds is 7. The Labute approximate surface area is 283 Å². The summed E-state index contributed by atoms with van der Waals surface area (Å²) in [7, 11) is -4.15. The van der Waals surface area contributed by atoms with E-state index in [0.717, 1.165) is 54.0 Å². The lowest BCUT2D eigenvalue weighted by atomic mass is 10.00. The first-order valence-electron chi connectivity index (χ1n) is 16.7. The molecular formula is C37H44N6O4S. The van der Waals surface area contributed by atoms with Crippen LogP contribution in [0.4, 0.5) is 11.8 Å². The Kier molecular flexibility index (Phi) is 9.68. The van der Waals surface area contributed by atoms with Crippen LogP contribution in [0.3, 0.4) is 0 Å². The van der Waals surface area contributed by atoms with Gasteiger partial charge in [0.15, 0.2) is 0 Å². The number of nitrogens with zero attached hydrogens (tertiary/aromatic N) is 5. The Hall–Kier alpha value is -4.51. The zero-order chi connectivity index (χ0) is 34.0. The molecule has 2 aromatic carbocycles. The number of ether oxygens (including phenoxy) is 1. The van der Waals surface area contributed by atoms with Gasteiger partial charge in [0.1, 0.15) is 12.4 Å². The average Bonchev–Trinajstić information content (AvgIpc) is 3.49. The molecule has 0 radical (unpaired) electrons. The van der Waals surface area contributed by atoms with Crippen LogP contribution in [0.2, 0.25) is 0 Å². The molecule has 4 bridgehead atoms. The molecule has 1 N–H and O–H groups in total. The second-order valence-corrected chi connectivity index (χ2v) is 15.0. The predicted octanol–water partition coefficient (Wildman–Crippen LogP) is 6.78. The van der Waals surface area contributed by atoms with Gasteiger partial charge in [-0.1, -0.05) is 44.2 Å². The van der Waals surface area contributed by atoms with Crippen molar-refractivity contribution < 1.29 is 17.9 Å². The van der Waals surface area contributed by atoms with Crippen molar-refractivity contribution in [2.45, 2.75) is 83.8 Å². The van der Waals surface area contributed by atoms with Gasteiger partial charge in [0.05, 0.1) is 28.9 Å². The Morgan fingerprint density at radius 3 is 2.46 bits per heavy atom. The number of nitrogens with one attached hydrogen (secondary N) is 1. The van der Waals surface area contributed by atoms with Gasteiger partial charge in [0.25, 0.3) is 15.9 Å². The molecular weight excluding hydrogens is 625 g/mol. The molecule has 10 nitrogen and oxygen atoms in total. The number of hydrogen-bond acceptors (Lipinski definition) is 8. The smallest absolute Gasteiger partial charge is 0.264 e. The zero-order valence-corrected chi connectivity index (χ0v) is 29.1. The van der Waals surface area contributed by atoms with Gasteiger partial charge >= 0.3 is 0 Å². The fourth-order valence-electron chi connectivity index (χ4n) is 6.60. The van der Waals surface area contributed by atoms with E-state index in [2.05, 4.69) is 40.4 Å². The molecule has 252 valence electrons. The molecule has 2 aliphatic heterocycles. The van der Waals surface area contributed by atoms with Gasteiger partial charge < -0.3 is 14.5 Å². The Morgan fingerprint density at radius 2 is 1.73 bits per heavy atom. The minimum atomic E-state index is -4.15. The van der Waals surface area contributed by atoms with Crippen LogP contribution in [0.15, 0.2) is 71.6 Å². The number of aromatic nitrogens is 3. The van der Waals surface area contributed by atoms with E-state index in [-0.39, 0.29) is 47.4 Å². The second kappa shape index (κ2) is 13.9. The third-order valence-corrected chi connectivity index (χ3v) is 10.6. The number of fused-ring (bicyclic) bond motifs is 4. The zero-order valence-electron chi connectivity index (χ0n) is 28.3. The van der Waals surface area contributed by atoms with Gasteiger partial charge in [-0.3, -0.25) is 4.79 Å². The molecule has 48 heavy (non-hydrogen) atoms. The minimum Gasteiger partial charge on any atom is -0.475 e. The largest absolute Gasteiger partial charge is 0.475 e. The molecule has 0 unspecified atom stereocenters. The summed E-state index contributed by atoms with van der Waals surface area (Å²) in [5.74, 6) is 1.12. The van der Waals surface area contributed by atoms with Crippen LogP contribution in [0, 0.1) is 19.8 Å². The topological polar surface area (TPSA) is 118 Å². The van der Waals surface area contributed by atoms with Crippen LogP contribution in [-0.2, 0) is 16.6 Å². The van der Waals surface area contributed by atoms with Crippen LogP contribution in [0.25, 0.3) is 11.3 Å². The van der Waals surface area contributed by atoms with Gasteiger partial charge in [-0.25, -0.2) is 23.1 Å². The highest BCUT2D eigenvalue weighted by molar-refractivity contribution is 7.92. The molecule has 11 heteroatoms. The third-order valence-electron chi connectivity index (χ3n) is 9.23. The summed E-state index contributed by atoms with van der Waals surface area (Å²) in [5, 5.41) is 0. The van der Waals surface area contributed by atoms with E-state index >= 15 is 0 Å². The first-order chi connectivity index (χ1) is 23.0. The van der Waals surface area contributed by atoms with Crippen LogP contribution in [-0.4, -0.2) is 59.4 Å². The summed E-state index contributed by atoms with van der Waals surface area (Å²) in [4.78, 5) is 32.6. The highest BCUT2D eigenvalue weighted by Gasteiger charge is 2.30. The van der Waals surface area contributed by atoms with E-state index in [0.29, 0.717) is 24.1 Å². The molecule has 2 aromatic heterocycles. The van der Waals surface area contributed by atoms with Crippen LogP contribution >= 0.6 is 0 Å². The highest BCUT2D eigenvalue weighted by atomic mass is 32.2. The lowest BCUT2D eigenvalue weighted by Gasteiger charge is -2.32. The number of amides is 1. The van der Waals surface area contributed by atoms with Crippen molar-refractivity contribution in [1.82, 2.24) is 19.9 Å². The van der Waals surface area contributed by atoms with Gasteiger partial charge in [0, 0.05) is 29.8 Å². The molecule has 0 aliphatic carbocycles. The van der Waals surface area contributed by atoms with Gasteiger partial charge in [-0.2, -0.15) is 4.98 Å². The maximum absolute atomic E-state index is 14.5. The SMILES string of the molecule is Cc1cccc(C)c1-c1cc2nc(n1)NS(=O)(=O)c1cccc(c1)C(=O)N(Cc1cccc(N3CCC[C@H]3C)n1)[C@H](CCC(C)C)CO2. The first kappa shape index (κ1) is 33.4. The fraction of sp³-hybridized carbons (Fsp3) is 0.405. The molecule has 2 aliphatic rings. The number of sulfonamides is 1. The van der Waals surface area contributed by atoms with Crippen LogP contribution in [0.1, 0.15) is 73.6 Å². The fourth-order valence-corrected chi connectivity index (χ4v) is 7.59. The normalized spacial score (nSPS) is 19.2. The van der Waals surface area contributed by atoms with E-state index in [1.807, 2.05) is 50.2 Å². The third kappa shape index (κ3) is 7.31. The minimum absolute atomic E-state index is 0.0574. The van der Waals surface area contributed by atoms with E-state index in [1.165, 1.54) is 12.1 Å². The predicted molar refractivity (Wildman–Crippen MR) is 188 cm³/mol. The molecule has 4 heterocycles. The molecule has 1 fully saturated rings. The van der Waals surface area contributed by atoms with Gasteiger partial charge in [0.2, 0.25) is 11.8 Å². The summed E-state index contributed by atoms with van der Waals surface area (Å²) in [5.41, 5.74) is 4.42. The van der Waals surface area contributed by atoms with Crippen molar-refractivity contribution in [2.24, 2.45) is 5.92 Å². The number of aryl methyl sites for hydroxylation is 2. The Bertz CT molecular complexity index is 1890. The van der Waals surface area contributed by atoms with Crippen LogP contribution < -0.4 is 14.4 Å². The van der Waals surface area contributed by atoms with E-state index in [1.54, 1.807) is 23.1 Å². The quantitative estimate of drug-likeness (QED) is 0.229. The molecule has 1 amide bonds. The lowest BCUT2D eigenvalue weighted by Crippen LogP contribution is -2.44. The van der Waals surface area contributed by atoms with Crippen molar-refractivity contribution in [3.63, 3.8) is 0 Å². The standard InChI is InChI=1S/C37H44N6O4S/c1-24(2)17-18-30-23-47-34-21-32(35-25(3)10-6-11-26(35)4)39-37(40-34)41-48(45,46)31-15-7-13-28(20-31)36(44)43(30)22-29-14-8-16-33(38-29)42-19-9-12-27(42)5/h6-8,10-11,13-16,20-21,24,27,30H,9,12,17-19,22-23H2,1-5H3,(H,39,40,41)/t27-,30-/m1/s1. The molecule has 0 spiro atoms. The van der Waals surface area contributed by atoms with Gasteiger partial charge in [-0.15, -0.1) is 0 Å². The summed E-state index contributed by atoms with van der Waals surface area (Å²) in [6.07, 6.45) is 3.77. The maximum atomic E-state index is 14.5. The highest BCUT2D eigenvalue weighted by Crippen LogP contribution is 2.31. The molecule has 0 saturated carbocycles. The lowest BCUT2D eigenvalue weighted by molar-refractivity contribution is 0.0561. The van der Waals surface area contributed by atoms with Crippen molar-refractivity contribution in [3.8, 4) is 17.1 Å². The number of carbonyl (C=O) groups is 1. The number of pyridine rings is 1. The van der Waals surface area contributed by atoms with E-state index < -0.39 is 10.0 Å². The van der Waals surface area contributed by atoms with Crippen LogP contribution in [0.5, 0.6) is 5.88 Å². The molecule has 4 aromatic rings. The summed E-state index contributed by atoms with van der Waals surface area (Å²) in [6, 6.07) is 19.8. The molecule has 6 rings (SSSR count). The monoisotopic (exact) mass is 668 g/mol. The summed E-state index contributed by atoms with van der Waals surface area (Å²) in [6.45, 7) is 11.8. The first-order valence-corrected chi connectivity index (χ1v) is 18.2. The van der Waals surface area contributed by atoms with E-state index in [9.17, 15) is 13.2 Å². The van der Waals surface area contributed by atoms with Crippen molar-refractivity contribution >= 4 is 27.7 Å². The average molecular weight is 669 g/mol. The number of carbonyl (C=O) groups excluding carboxylic acids is 1. The summed E-state index contributed by atoms with van der Waals surface area (Å²) >= 11 is 0. The number of benzene rings is 2. The van der Waals surface area contributed by atoms with Crippen molar-refractivity contribution in [1.29, 1.82) is 0 Å². The van der Waals surface area contributed by atoms with Crippen molar-refractivity contribution in [3.05, 3.63) is 89.1 Å². The van der Waals surface area contributed by atoms with E-state index in [4.69, 9.17) is 9.72 Å². The molecule has 2 atom stereocenters. The van der Waals surface area contributed by atoms with Gasteiger partial charge in [-0.05, 0) is 93.8 Å². The maximum Gasteiger partial charge on any atom is 0.264 e. The Morgan fingerprint density at radius 1 is 0.979 bits per heavy atom. The second-order valence-electron chi connectivity index (χ2n) is 13.4.